The SMILES string of the molecule is COc1ccccc1NC(=O)N1CCC(CNC(=O)C=Cc2cccs2)CC1. The number of para-hydroxylation sites is 2. The molecule has 2 aromatic rings. The third-order valence-corrected chi connectivity index (χ3v) is 5.59. The van der Waals surface area contributed by atoms with Crippen molar-refractivity contribution in [2.45, 2.75) is 12.8 Å². The van der Waals surface area contributed by atoms with Crippen LogP contribution in [0.2, 0.25) is 0 Å². The maximum absolute atomic E-state index is 12.5. The molecule has 28 heavy (non-hydrogen) atoms. The van der Waals surface area contributed by atoms with E-state index >= 15 is 0 Å². The Morgan fingerprint density at radius 3 is 2.71 bits per heavy atom. The number of likely N-dealkylation sites (tertiary alicyclic amines) is 1. The van der Waals surface area contributed by atoms with E-state index in [9.17, 15) is 9.59 Å². The fourth-order valence-electron chi connectivity index (χ4n) is 3.13. The highest BCUT2D eigenvalue weighted by atomic mass is 32.1. The molecule has 1 aromatic carbocycles. The average Bonchev–Trinajstić information content (AvgIpc) is 3.25. The number of hydrogen-bond acceptors (Lipinski definition) is 4. The van der Waals surface area contributed by atoms with Crippen LogP contribution in [0, 0.1) is 5.92 Å². The summed E-state index contributed by atoms with van der Waals surface area (Å²) in [6.45, 7) is 1.98. The third kappa shape index (κ3) is 5.60. The van der Waals surface area contributed by atoms with E-state index in [1.165, 1.54) is 0 Å². The van der Waals surface area contributed by atoms with Crippen LogP contribution in [-0.2, 0) is 4.79 Å². The number of piperidine rings is 1. The maximum atomic E-state index is 12.5. The number of carbonyl (C=O) groups is 2. The van der Waals surface area contributed by atoms with Gasteiger partial charge in [0.1, 0.15) is 5.75 Å². The lowest BCUT2D eigenvalue weighted by atomic mass is 9.97. The normalized spacial score (nSPS) is 14.8. The molecule has 148 valence electrons. The smallest absolute Gasteiger partial charge is 0.321 e. The van der Waals surface area contributed by atoms with Crippen LogP contribution in [-0.4, -0.2) is 43.6 Å². The number of thiophene rings is 1. The molecule has 0 radical (unpaired) electrons. The van der Waals surface area contributed by atoms with Crippen molar-refractivity contribution in [1.82, 2.24) is 10.2 Å². The molecule has 1 saturated heterocycles. The highest BCUT2D eigenvalue weighted by molar-refractivity contribution is 7.10. The predicted molar refractivity (Wildman–Crippen MR) is 113 cm³/mol. The van der Waals surface area contributed by atoms with E-state index in [-0.39, 0.29) is 11.9 Å². The van der Waals surface area contributed by atoms with Gasteiger partial charge in [0.15, 0.2) is 0 Å². The van der Waals surface area contributed by atoms with Crippen molar-refractivity contribution in [1.29, 1.82) is 0 Å². The first-order valence-corrected chi connectivity index (χ1v) is 10.2. The lowest BCUT2D eigenvalue weighted by Gasteiger charge is -2.32. The molecule has 0 spiro atoms. The zero-order valence-electron chi connectivity index (χ0n) is 15.9. The van der Waals surface area contributed by atoms with Crippen LogP contribution < -0.4 is 15.4 Å². The quantitative estimate of drug-likeness (QED) is 0.725. The van der Waals surface area contributed by atoms with Crippen LogP contribution in [0.1, 0.15) is 17.7 Å². The second-order valence-corrected chi connectivity index (χ2v) is 7.63. The minimum Gasteiger partial charge on any atom is -0.495 e. The van der Waals surface area contributed by atoms with Gasteiger partial charge in [0.2, 0.25) is 5.91 Å². The van der Waals surface area contributed by atoms with Crippen LogP contribution in [0.25, 0.3) is 6.08 Å². The number of nitrogens with zero attached hydrogens (tertiary/aromatic N) is 1. The van der Waals surface area contributed by atoms with Gasteiger partial charge in [-0.25, -0.2) is 4.79 Å². The Hall–Kier alpha value is -2.80. The van der Waals surface area contributed by atoms with E-state index in [2.05, 4.69) is 10.6 Å². The zero-order chi connectivity index (χ0) is 19.8. The standard InChI is InChI=1S/C21H25N3O3S/c1-27-19-7-3-2-6-18(19)23-21(26)24-12-10-16(11-13-24)15-22-20(25)9-8-17-5-4-14-28-17/h2-9,14,16H,10-13,15H2,1H3,(H,22,25)(H,23,26). The van der Waals surface area contributed by atoms with Crippen LogP contribution in [0.15, 0.2) is 47.9 Å². The molecule has 7 heteroatoms. The van der Waals surface area contributed by atoms with E-state index in [4.69, 9.17) is 4.74 Å². The molecule has 3 amide bonds. The molecule has 1 fully saturated rings. The number of ether oxygens (including phenoxy) is 1. The van der Waals surface area contributed by atoms with E-state index in [1.54, 1.807) is 29.4 Å². The summed E-state index contributed by atoms with van der Waals surface area (Å²) >= 11 is 1.60. The molecule has 1 aliphatic rings. The van der Waals surface area contributed by atoms with E-state index in [1.807, 2.05) is 47.9 Å². The summed E-state index contributed by atoms with van der Waals surface area (Å²) in [6, 6.07) is 11.2. The van der Waals surface area contributed by atoms with Crippen LogP contribution >= 0.6 is 11.3 Å². The Morgan fingerprint density at radius 1 is 1.21 bits per heavy atom. The molecular formula is C21H25N3O3S. The predicted octanol–water partition coefficient (Wildman–Crippen LogP) is 3.83. The molecule has 0 unspecified atom stereocenters. The second-order valence-electron chi connectivity index (χ2n) is 6.65. The molecule has 0 bridgehead atoms. The highest BCUT2D eigenvalue weighted by Crippen LogP contribution is 2.24. The number of nitrogens with one attached hydrogen (secondary N) is 2. The number of anilines is 1. The number of hydrogen-bond donors (Lipinski definition) is 2. The maximum Gasteiger partial charge on any atom is 0.321 e. The largest absolute Gasteiger partial charge is 0.495 e. The van der Waals surface area contributed by atoms with Gasteiger partial charge in [-0.3, -0.25) is 4.79 Å². The Kier molecular flexibility index (Phi) is 7.08. The molecule has 0 saturated carbocycles. The summed E-state index contributed by atoms with van der Waals surface area (Å²) < 4.78 is 5.27. The van der Waals surface area contributed by atoms with Gasteiger partial charge in [0, 0.05) is 30.6 Å². The zero-order valence-corrected chi connectivity index (χ0v) is 16.7. The van der Waals surface area contributed by atoms with Gasteiger partial charge >= 0.3 is 6.03 Å². The van der Waals surface area contributed by atoms with Crippen LogP contribution in [0.3, 0.4) is 0 Å². The monoisotopic (exact) mass is 399 g/mol. The third-order valence-electron chi connectivity index (χ3n) is 4.76. The molecule has 0 atom stereocenters. The Morgan fingerprint density at radius 2 is 2.00 bits per heavy atom. The van der Waals surface area contributed by atoms with Crippen LogP contribution in [0.5, 0.6) is 5.75 Å². The van der Waals surface area contributed by atoms with Gasteiger partial charge in [-0.15, -0.1) is 11.3 Å². The van der Waals surface area contributed by atoms with Crippen molar-refractivity contribution < 1.29 is 14.3 Å². The fourth-order valence-corrected chi connectivity index (χ4v) is 3.75. The number of amides is 3. The summed E-state index contributed by atoms with van der Waals surface area (Å²) in [6.07, 6.45) is 5.13. The first-order valence-electron chi connectivity index (χ1n) is 9.34. The lowest BCUT2D eigenvalue weighted by molar-refractivity contribution is -0.116. The van der Waals surface area contributed by atoms with Crippen molar-refractivity contribution in [3.8, 4) is 5.75 Å². The van der Waals surface area contributed by atoms with Crippen LogP contribution in [0.4, 0.5) is 10.5 Å². The minimum atomic E-state index is -0.120. The van der Waals surface area contributed by atoms with E-state index in [0.717, 1.165) is 17.7 Å². The van der Waals surface area contributed by atoms with Crippen molar-refractivity contribution in [3.63, 3.8) is 0 Å². The van der Waals surface area contributed by atoms with Gasteiger partial charge in [0.25, 0.3) is 0 Å². The molecule has 3 rings (SSSR count). The van der Waals surface area contributed by atoms with Crippen molar-refractivity contribution in [3.05, 3.63) is 52.7 Å². The van der Waals surface area contributed by atoms with Gasteiger partial charge in [0.05, 0.1) is 12.8 Å². The van der Waals surface area contributed by atoms with Crippen molar-refractivity contribution in [2.75, 3.05) is 32.1 Å². The van der Waals surface area contributed by atoms with Gasteiger partial charge in [-0.05, 0) is 48.4 Å². The number of urea groups is 1. The summed E-state index contributed by atoms with van der Waals surface area (Å²) in [7, 11) is 1.58. The summed E-state index contributed by atoms with van der Waals surface area (Å²) in [5.41, 5.74) is 0.668. The highest BCUT2D eigenvalue weighted by Gasteiger charge is 2.23. The fraction of sp³-hybridized carbons (Fsp3) is 0.333. The Bertz CT molecular complexity index is 812. The number of methoxy groups -OCH3 is 1. The molecular weight excluding hydrogens is 374 g/mol. The summed E-state index contributed by atoms with van der Waals surface area (Å²) in [4.78, 5) is 27.3. The molecule has 1 aliphatic heterocycles. The molecule has 2 N–H and O–H groups in total. The minimum absolute atomic E-state index is 0.0789. The number of benzene rings is 1. The van der Waals surface area contributed by atoms with Gasteiger partial charge < -0.3 is 20.3 Å². The molecule has 2 heterocycles. The molecule has 0 aliphatic carbocycles. The lowest BCUT2D eigenvalue weighted by Crippen LogP contribution is -2.43. The Labute approximate surface area is 169 Å². The summed E-state index contributed by atoms with van der Waals surface area (Å²) in [5.74, 6) is 0.947. The first kappa shape index (κ1) is 19.9. The first-order chi connectivity index (χ1) is 13.7. The second kappa shape index (κ2) is 9.94. The average molecular weight is 400 g/mol. The molecule has 6 nitrogen and oxygen atoms in total. The van der Waals surface area contributed by atoms with Crippen molar-refractivity contribution in [2.24, 2.45) is 5.92 Å². The van der Waals surface area contributed by atoms with Crippen molar-refractivity contribution >= 4 is 35.0 Å². The molecule has 1 aromatic heterocycles. The van der Waals surface area contributed by atoms with Gasteiger partial charge in [-0.2, -0.15) is 0 Å². The number of carbonyl (C=O) groups excluding carboxylic acids is 2. The van der Waals surface area contributed by atoms with E-state index in [0.29, 0.717) is 37.0 Å². The Balaban J connectivity index is 1.40. The summed E-state index contributed by atoms with van der Waals surface area (Å²) in [5, 5.41) is 7.85. The van der Waals surface area contributed by atoms with Gasteiger partial charge in [-0.1, -0.05) is 18.2 Å². The van der Waals surface area contributed by atoms with E-state index < -0.39 is 0 Å². The topological polar surface area (TPSA) is 70.7 Å². The number of rotatable bonds is 6.